The molecule has 4 nitrogen and oxygen atoms in total. The Hall–Kier alpha value is -1.06. The summed E-state index contributed by atoms with van der Waals surface area (Å²) in [6.07, 6.45) is 3.41. The van der Waals surface area contributed by atoms with E-state index in [9.17, 15) is 9.59 Å². The predicted octanol–water partition coefficient (Wildman–Crippen LogP) is 2.57. The zero-order valence-electron chi connectivity index (χ0n) is 13.6. The average Bonchev–Trinajstić information content (AvgIpc) is 2.39. The maximum Gasteiger partial charge on any atom is 0.245 e. The van der Waals surface area contributed by atoms with E-state index in [0.29, 0.717) is 18.4 Å². The van der Waals surface area contributed by atoms with Crippen LogP contribution in [0.5, 0.6) is 0 Å². The number of rotatable bonds is 7. The molecule has 20 heavy (non-hydrogen) atoms. The molecule has 2 amide bonds. The Morgan fingerprint density at radius 2 is 1.85 bits per heavy atom. The summed E-state index contributed by atoms with van der Waals surface area (Å²) < 4.78 is 0. The molecule has 1 aliphatic heterocycles. The molecule has 3 atom stereocenters. The lowest BCUT2D eigenvalue weighted by molar-refractivity contribution is -0.150. The van der Waals surface area contributed by atoms with E-state index in [2.05, 4.69) is 33.0 Å². The van der Waals surface area contributed by atoms with Crippen molar-refractivity contribution in [2.75, 3.05) is 6.54 Å². The summed E-state index contributed by atoms with van der Waals surface area (Å²) in [5, 5.41) is 2.91. The van der Waals surface area contributed by atoms with Gasteiger partial charge in [0, 0.05) is 6.54 Å². The molecule has 1 N–H and O–H groups in total. The third-order valence-electron chi connectivity index (χ3n) is 4.05. The number of nitrogens with zero attached hydrogens (tertiary/aromatic N) is 1. The molecule has 1 fully saturated rings. The molecule has 1 heterocycles. The average molecular weight is 282 g/mol. The van der Waals surface area contributed by atoms with E-state index < -0.39 is 0 Å². The summed E-state index contributed by atoms with van der Waals surface area (Å²) in [5.74, 6) is 0.972. The Balaban J connectivity index is 2.90. The highest BCUT2D eigenvalue weighted by atomic mass is 16.2. The minimum atomic E-state index is -0.319. The van der Waals surface area contributed by atoms with Crippen LogP contribution in [0.1, 0.15) is 60.3 Å². The van der Waals surface area contributed by atoms with Crippen molar-refractivity contribution in [3.63, 3.8) is 0 Å². The van der Waals surface area contributed by atoms with Crippen molar-refractivity contribution < 1.29 is 9.59 Å². The van der Waals surface area contributed by atoms with E-state index in [1.54, 1.807) is 0 Å². The lowest BCUT2D eigenvalue weighted by Gasteiger charge is -2.40. The predicted molar refractivity (Wildman–Crippen MR) is 81.2 cm³/mol. The van der Waals surface area contributed by atoms with Crippen LogP contribution >= 0.6 is 0 Å². The molecule has 0 aromatic rings. The molecule has 1 saturated heterocycles. The fourth-order valence-electron chi connectivity index (χ4n) is 2.67. The van der Waals surface area contributed by atoms with Gasteiger partial charge in [-0.25, -0.2) is 0 Å². The van der Waals surface area contributed by atoms with Crippen LogP contribution in [0.25, 0.3) is 0 Å². The van der Waals surface area contributed by atoms with Gasteiger partial charge in [0.25, 0.3) is 0 Å². The van der Waals surface area contributed by atoms with E-state index in [1.807, 2.05) is 11.8 Å². The third-order valence-corrected chi connectivity index (χ3v) is 4.05. The molecule has 4 heteroatoms. The summed E-state index contributed by atoms with van der Waals surface area (Å²) in [6, 6.07) is -0.607. The second kappa shape index (κ2) is 7.65. The van der Waals surface area contributed by atoms with Gasteiger partial charge in [0.15, 0.2) is 0 Å². The first-order valence-electron chi connectivity index (χ1n) is 8.01. The molecular formula is C16H30N2O2. The van der Waals surface area contributed by atoms with Crippen LogP contribution in [0.3, 0.4) is 0 Å². The lowest BCUT2D eigenvalue weighted by atomic mass is 9.95. The standard InChI is InChI=1S/C16H30N2O2/c1-6-8-13-16(20)18(10-12(5)7-2)14(9-11(3)4)15(19)17-13/h11-14H,6-10H2,1-5H3,(H,17,19). The number of hydrogen-bond acceptors (Lipinski definition) is 2. The van der Waals surface area contributed by atoms with Gasteiger partial charge in [-0.15, -0.1) is 0 Å². The Morgan fingerprint density at radius 1 is 1.20 bits per heavy atom. The molecule has 1 rings (SSSR count). The fourth-order valence-corrected chi connectivity index (χ4v) is 2.67. The van der Waals surface area contributed by atoms with Gasteiger partial charge in [0.05, 0.1) is 0 Å². The number of hydrogen-bond donors (Lipinski definition) is 1. The van der Waals surface area contributed by atoms with Gasteiger partial charge in [0.1, 0.15) is 12.1 Å². The van der Waals surface area contributed by atoms with Gasteiger partial charge in [-0.05, 0) is 24.7 Å². The van der Waals surface area contributed by atoms with E-state index >= 15 is 0 Å². The second-order valence-electron chi connectivity index (χ2n) is 6.50. The fraction of sp³-hybridized carbons (Fsp3) is 0.875. The Morgan fingerprint density at radius 3 is 2.35 bits per heavy atom. The van der Waals surface area contributed by atoms with E-state index in [4.69, 9.17) is 0 Å². The monoisotopic (exact) mass is 282 g/mol. The summed E-state index contributed by atoms with van der Waals surface area (Å²) >= 11 is 0. The molecule has 0 aliphatic carbocycles. The number of piperazine rings is 1. The van der Waals surface area contributed by atoms with Crippen molar-refractivity contribution in [2.24, 2.45) is 11.8 Å². The Labute approximate surface area is 123 Å². The summed E-state index contributed by atoms with van der Waals surface area (Å²) in [5.41, 5.74) is 0. The lowest BCUT2D eigenvalue weighted by Crippen LogP contribution is -2.64. The van der Waals surface area contributed by atoms with Crippen LogP contribution in [-0.2, 0) is 9.59 Å². The number of amides is 2. The zero-order chi connectivity index (χ0) is 15.3. The van der Waals surface area contributed by atoms with Crippen molar-refractivity contribution in [1.29, 1.82) is 0 Å². The maximum atomic E-state index is 12.6. The summed E-state index contributed by atoms with van der Waals surface area (Å²) in [6.45, 7) is 11.2. The first-order valence-corrected chi connectivity index (χ1v) is 8.01. The van der Waals surface area contributed by atoms with Crippen LogP contribution in [0.2, 0.25) is 0 Å². The zero-order valence-corrected chi connectivity index (χ0v) is 13.6. The molecule has 0 spiro atoms. The van der Waals surface area contributed by atoms with Gasteiger partial charge < -0.3 is 10.2 Å². The molecule has 0 bridgehead atoms. The topological polar surface area (TPSA) is 49.4 Å². The Bertz CT molecular complexity index is 341. The molecule has 1 aliphatic rings. The van der Waals surface area contributed by atoms with Crippen molar-refractivity contribution in [3.8, 4) is 0 Å². The van der Waals surface area contributed by atoms with Gasteiger partial charge >= 0.3 is 0 Å². The first-order chi connectivity index (χ1) is 9.40. The molecule has 0 radical (unpaired) electrons. The molecule has 0 aromatic heterocycles. The number of carbonyl (C=O) groups excluding carboxylic acids is 2. The number of carbonyl (C=O) groups is 2. The van der Waals surface area contributed by atoms with E-state index in [-0.39, 0.29) is 23.9 Å². The second-order valence-corrected chi connectivity index (χ2v) is 6.50. The van der Waals surface area contributed by atoms with Crippen LogP contribution < -0.4 is 5.32 Å². The highest BCUT2D eigenvalue weighted by molar-refractivity contribution is 5.96. The summed E-state index contributed by atoms with van der Waals surface area (Å²) in [7, 11) is 0. The van der Waals surface area contributed by atoms with E-state index in [0.717, 1.165) is 25.7 Å². The van der Waals surface area contributed by atoms with Crippen LogP contribution in [-0.4, -0.2) is 35.3 Å². The molecule has 3 unspecified atom stereocenters. The normalized spacial score (nSPS) is 25.0. The van der Waals surface area contributed by atoms with Crippen molar-refractivity contribution in [2.45, 2.75) is 72.4 Å². The molecule has 0 aromatic carbocycles. The van der Waals surface area contributed by atoms with Gasteiger partial charge in [-0.3, -0.25) is 9.59 Å². The van der Waals surface area contributed by atoms with Crippen molar-refractivity contribution >= 4 is 11.8 Å². The smallest absolute Gasteiger partial charge is 0.245 e. The third kappa shape index (κ3) is 4.22. The Kier molecular flexibility index (Phi) is 6.50. The molecule has 0 saturated carbocycles. The number of nitrogens with one attached hydrogen (secondary N) is 1. The minimum absolute atomic E-state index is 0.0278. The van der Waals surface area contributed by atoms with Crippen LogP contribution in [0.4, 0.5) is 0 Å². The first kappa shape index (κ1) is 17.0. The summed E-state index contributed by atoms with van der Waals surface area (Å²) in [4.78, 5) is 26.8. The highest BCUT2D eigenvalue weighted by Crippen LogP contribution is 2.21. The minimum Gasteiger partial charge on any atom is -0.343 e. The van der Waals surface area contributed by atoms with Crippen LogP contribution in [0, 0.1) is 11.8 Å². The molecular weight excluding hydrogens is 252 g/mol. The van der Waals surface area contributed by atoms with Crippen LogP contribution in [0.15, 0.2) is 0 Å². The molecule has 116 valence electrons. The highest BCUT2D eigenvalue weighted by Gasteiger charge is 2.40. The maximum absolute atomic E-state index is 12.6. The SMILES string of the molecule is CCCC1NC(=O)C(CC(C)C)N(CC(C)CC)C1=O. The van der Waals surface area contributed by atoms with Gasteiger partial charge in [-0.2, -0.15) is 0 Å². The largest absolute Gasteiger partial charge is 0.343 e. The van der Waals surface area contributed by atoms with E-state index in [1.165, 1.54) is 0 Å². The quantitative estimate of drug-likeness (QED) is 0.780. The van der Waals surface area contributed by atoms with Crippen molar-refractivity contribution in [1.82, 2.24) is 10.2 Å². The van der Waals surface area contributed by atoms with Crippen molar-refractivity contribution in [3.05, 3.63) is 0 Å². The van der Waals surface area contributed by atoms with Gasteiger partial charge in [0.2, 0.25) is 11.8 Å². The van der Waals surface area contributed by atoms with Gasteiger partial charge in [-0.1, -0.05) is 47.5 Å².